The van der Waals surface area contributed by atoms with Gasteiger partial charge < -0.3 is 15.4 Å². The second-order valence-corrected chi connectivity index (χ2v) is 7.89. The number of aromatic nitrogens is 2. The van der Waals surface area contributed by atoms with Crippen LogP contribution < -0.4 is 15.4 Å². The maximum atomic E-state index is 12.3. The molecule has 1 aromatic rings. The lowest BCUT2D eigenvalue weighted by atomic mass is 10.4. The van der Waals surface area contributed by atoms with E-state index in [0.29, 0.717) is 23.9 Å². The summed E-state index contributed by atoms with van der Waals surface area (Å²) >= 11 is 1.63. The van der Waals surface area contributed by atoms with Gasteiger partial charge in [-0.1, -0.05) is 6.92 Å². The van der Waals surface area contributed by atoms with E-state index < -0.39 is 15.2 Å². The second-order valence-electron chi connectivity index (χ2n) is 4.29. The number of nitrogens with two attached hydrogens (primary N) is 1. The molecule has 9 heteroatoms. The van der Waals surface area contributed by atoms with Crippen LogP contribution in [0.25, 0.3) is 0 Å². The van der Waals surface area contributed by atoms with E-state index in [9.17, 15) is 8.42 Å². The summed E-state index contributed by atoms with van der Waals surface area (Å²) in [6, 6.07) is 0. The van der Waals surface area contributed by atoms with Crippen molar-refractivity contribution in [1.29, 1.82) is 0 Å². The summed E-state index contributed by atoms with van der Waals surface area (Å²) in [5, 5.41) is -0.602. The normalized spacial score (nSPS) is 19.9. The highest BCUT2D eigenvalue weighted by atomic mass is 32.2. The molecule has 1 atom stereocenters. The Labute approximate surface area is 122 Å². The van der Waals surface area contributed by atoms with Crippen LogP contribution in [0.3, 0.4) is 0 Å². The van der Waals surface area contributed by atoms with Crippen LogP contribution in [0.2, 0.25) is 0 Å². The van der Waals surface area contributed by atoms with Crippen LogP contribution in [0.4, 0.5) is 11.6 Å². The molecule has 0 bridgehead atoms. The lowest BCUT2D eigenvalue weighted by Crippen LogP contribution is -2.48. The predicted octanol–water partition coefficient (Wildman–Crippen LogP) is 0.381. The fourth-order valence-electron chi connectivity index (χ4n) is 2.09. The van der Waals surface area contributed by atoms with Crippen molar-refractivity contribution in [3.63, 3.8) is 0 Å². The lowest BCUT2D eigenvalue weighted by molar-refractivity contribution is 0.412. The van der Waals surface area contributed by atoms with E-state index in [1.807, 2.05) is 0 Å². The van der Waals surface area contributed by atoms with Crippen molar-refractivity contribution in [3.05, 3.63) is 6.33 Å². The molecule has 2 heterocycles. The summed E-state index contributed by atoms with van der Waals surface area (Å²) < 4.78 is 29.7. The van der Waals surface area contributed by atoms with Gasteiger partial charge in [0.25, 0.3) is 0 Å². The Morgan fingerprint density at radius 3 is 2.95 bits per heavy atom. The average Bonchev–Trinajstić information content (AvgIpc) is 2.47. The van der Waals surface area contributed by atoms with Gasteiger partial charge in [-0.05, 0) is 0 Å². The largest absolute Gasteiger partial charge is 0.490 e. The fourth-order valence-corrected chi connectivity index (χ4v) is 5.06. The Kier molecular flexibility index (Phi) is 4.59. The molecule has 0 aromatic carbocycles. The lowest BCUT2D eigenvalue weighted by Gasteiger charge is -2.36. The number of nitrogens with zero attached hydrogens (tertiary/aromatic N) is 3. The smallest absolute Gasteiger partial charge is 0.204 e. The predicted molar refractivity (Wildman–Crippen MR) is 80.9 cm³/mol. The third-order valence-electron chi connectivity index (χ3n) is 3.19. The van der Waals surface area contributed by atoms with Crippen LogP contribution in [-0.2, 0) is 9.84 Å². The van der Waals surface area contributed by atoms with Crippen molar-refractivity contribution >= 4 is 33.2 Å². The molecule has 1 unspecified atom stereocenters. The highest BCUT2D eigenvalue weighted by Crippen LogP contribution is 2.34. The van der Waals surface area contributed by atoms with Gasteiger partial charge in [0.1, 0.15) is 11.7 Å². The number of rotatable bonds is 4. The highest BCUT2D eigenvalue weighted by Gasteiger charge is 2.35. The Balaban J connectivity index is 2.46. The zero-order valence-corrected chi connectivity index (χ0v) is 13.1. The van der Waals surface area contributed by atoms with E-state index in [1.54, 1.807) is 23.6 Å². The van der Waals surface area contributed by atoms with Crippen molar-refractivity contribution in [2.45, 2.75) is 12.3 Å². The first-order valence-electron chi connectivity index (χ1n) is 6.21. The molecule has 2 N–H and O–H groups in total. The SMILES string of the molecule is CCS(=O)(=O)C1CSCCN1c1ncnc(N)c1OC. The third-order valence-corrected chi connectivity index (χ3v) is 6.48. The summed E-state index contributed by atoms with van der Waals surface area (Å²) in [4.78, 5) is 9.80. The number of thioether (sulfide) groups is 1. The molecule has 1 saturated heterocycles. The minimum Gasteiger partial charge on any atom is -0.490 e. The van der Waals surface area contributed by atoms with Gasteiger partial charge in [0, 0.05) is 23.8 Å². The average molecular weight is 318 g/mol. The van der Waals surface area contributed by atoms with Crippen molar-refractivity contribution in [1.82, 2.24) is 9.97 Å². The molecular weight excluding hydrogens is 300 g/mol. The van der Waals surface area contributed by atoms with Gasteiger partial charge in [-0.25, -0.2) is 18.4 Å². The maximum Gasteiger partial charge on any atom is 0.204 e. The van der Waals surface area contributed by atoms with Crippen molar-refractivity contribution in [3.8, 4) is 5.75 Å². The first-order chi connectivity index (χ1) is 9.51. The molecule has 112 valence electrons. The van der Waals surface area contributed by atoms with Crippen molar-refractivity contribution in [2.24, 2.45) is 0 Å². The number of ether oxygens (including phenoxy) is 1. The first-order valence-corrected chi connectivity index (χ1v) is 9.08. The van der Waals surface area contributed by atoms with Crippen LogP contribution in [0.1, 0.15) is 6.92 Å². The van der Waals surface area contributed by atoms with Crippen LogP contribution >= 0.6 is 11.8 Å². The summed E-state index contributed by atoms with van der Waals surface area (Å²) in [5.74, 6) is 2.44. The molecule has 20 heavy (non-hydrogen) atoms. The van der Waals surface area contributed by atoms with Gasteiger partial charge in [-0.2, -0.15) is 11.8 Å². The van der Waals surface area contributed by atoms with Gasteiger partial charge in [0.05, 0.1) is 7.11 Å². The minimum absolute atomic E-state index is 0.0948. The van der Waals surface area contributed by atoms with Crippen molar-refractivity contribution < 1.29 is 13.2 Å². The molecule has 1 aliphatic heterocycles. The zero-order chi connectivity index (χ0) is 14.8. The number of nitrogen functional groups attached to an aromatic ring is 1. The molecule has 0 radical (unpaired) electrons. The van der Waals surface area contributed by atoms with E-state index in [2.05, 4.69) is 9.97 Å². The summed E-state index contributed by atoms with van der Waals surface area (Å²) in [5.41, 5.74) is 5.77. The number of methoxy groups -OCH3 is 1. The molecule has 1 aromatic heterocycles. The van der Waals surface area contributed by atoms with E-state index in [1.165, 1.54) is 13.4 Å². The summed E-state index contributed by atoms with van der Waals surface area (Å²) in [7, 11) is -1.74. The van der Waals surface area contributed by atoms with Gasteiger partial charge in [0.15, 0.2) is 21.5 Å². The van der Waals surface area contributed by atoms with Crippen LogP contribution in [0, 0.1) is 0 Å². The quantitative estimate of drug-likeness (QED) is 0.851. The van der Waals surface area contributed by atoms with Gasteiger partial charge in [-0.15, -0.1) is 0 Å². The Bertz CT molecular complexity index is 579. The Hall–Kier alpha value is -1.22. The van der Waals surface area contributed by atoms with Gasteiger partial charge in [0.2, 0.25) is 5.75 Å². The number of sulfone groups is 1. The molecule has 0 spiro atoms. The zero-order valence-electron chi connectivity index (χ0n) is 11.4. The Morgan fingerprint density at radius 1 is 1.55 bits per heavy atom. The highest BCUT2D eigenvalue weighted by molar-refractivity contribution is 8.01. The second kappa shape index (κ2) is 6.04. The molecule has 1 aliphatic rings. The maximum absolute atomic E-state index is 12.3. The van der Waals surface area contributed by atoms with Crippen LogP contribution in [-0.4, -0.2) is 54.7 Å². The molecule has 0 amide bonds. The number of hydrogen-bond donors (Lipinski definition) is 1. The molecule has 7 nitrogen and oxygen atoms in total. The van der Waals surface area contributed by atoms with E-state index in [-0.39, 0.29) is 11.6 Å². The number of anilines is 2. The summed E-state index contributed by atoms with van der Waals surface area (Å²) in [6.07, 6.45) is 1.32. The third kappa shape index (κ3) is 2.78. The minimum atomic E-state index is -3.21. The topological polar surface area (TPSA) is 98.4 Å². The molecule has 0 aliphatic carbocycles. The fraction of sp³-hybridized carbons (Fsp3) is 0.636. The molecule has 1 fully saturated rings. The molecule has 0 saturated carbocycles. The van der Waals surface area contributed by atoms with E-state index in [4.69, 9.17) is 10.5 Å². The first kappa shape index (κ1) is 15.2. The molecule has 2 rings (SSSR count). The number of hydrogen-bond acceptors (Lipinski definition) is 8. The van der Waals surface area contributed by atoms with E-state index >= 15 is 0 Å². The van der Waals surface area contributed by atoms with Crippen molar-refractivity contribution in [2.75, 3.05) is 41.5 Å². The van der Waals surface area contributed by atoms with E-state index in [0.717, 1.165) is 5.75 Å². The summed E-state index contributed by atoms with van der Waals surface area (Å²) in [6.45, 7) is 2.24. The monoisotopic (exact) mass is 318 g/mol. The van der Waals surface area contributed by atoms with Gasteiger partial charge >= 0.3 is 0 Å². The van der Waals surface area contributed by atoms with Crippen LogP contribution in [0.15, 0.2) is 6.33 Å². The standard InChI is InChI=1S/C11H18N4O3S2/c1-3-20(16,17)8-6-19-5-4-15(8)11-9(18-2)10(12)13-7-14-11/h7-8H,3-6H2,1-2H3,(H2,12,13,14). The molecular formula is C11H18N4O3S2. The van der Waals surface area contributed by atoms with Gasteiger partial charge in [-0.3, -0.25) is 0 Å². The van der Waals surface area contributed by atoms with Crippen LogP contribution in [0.5, 0.6) is 5.75 Å². The Morgan fingerprint density at radius 2 is 2.30 bits per heavy atom.